The molecule has 4 heteroatoms. The van der Waals surface area contributed by atoms with Gasteiger partial charge >= 0.3 is 0 Å². The summed E-state index contributed by atoms with van der Waals surface area (Å²) in [5, 5.41) is 0. The molecule has 0 atom stereocenters. The number of halogens is 1. The van der Waals surface area contributed by atoms with E-state index in [1.54, 1.807) is 6.20 Å². The van der Waals surface area contributed by atoms with Crippen LogP contribution in [0, 0.1) is 6.92 Å². The van der Waals surface area contributed by atoms with E-state index in [0.717, 1.165) is 10.2 Å². The average molecular weight is 232 g/mol. The van der Waals surface area contributed by atoms with E-state index < -0.39 is 0 Å². The zero-order valence-corrected chi connectivity index (χ0v) is 8.54. The summed E-state index contributed by atoms with van der Waals surface area (Å²) in [4.78, 5) is 13.0. The van der Waals surface area contributed by atoms with Gasteiger partial charge in [-0.25, -0.2) is 0 Å². The van der Waals surface area contributed by atoms with Crippen molar-refractivity contribution in [2.45, 2.75) is 6.92 Å². The van der Waals surface area contributed by atoms with Gasteiger partial charge < -0.3 is 4.74 Å². The largest absolute Gasteiger partial charge is 0.471 e. The summed E-state index contributed by atoms with van der Waals surface area (Å²) in [7, 11) is 1.31. The number of nitrogens with zero attached hydrogens (tertiary/aromatic N) is 1. The topological polar surface area (TPSA) is 39.2 Å². The maximum atomic E-state index is 8.95. The second kappa shape index (κ2) is 6.79. The first-order chi connectivity index (χ1) is 5.72. The SMILES string of the molecule is COC=O.Cc1ncccc1Br. The molecule has 0 saturated heterocycles. The van der Waals surface area contributed by atoms with Gasteiger partial charge in [0.1, 0.15) is 0 Å². The van der Waals surface area contributed by atoms with Gasteiger partial charge in [0.2, 0.25) is 0 Å². The number of rotatable bonds is 1. The Morgan fingerprint density at radius 2 is 2.25 bits per heavy atom. The van der Waals surface area contributed by atoms with E-state index in [2.05, 4.69) is 25.7 Å². The zero-order chi connectivity index (χ0) is 9.40. The Morgan fingerprint density at radius 1 is 1.67 bits per heavy atom. The van der Waals surface area contributed by atoms with Gasteiger partial charge in [-0.3, -0.25) is 9.78 Å². The molecule has 0 spiro atoms. The van der Waals surface area contributed by atoms with Crippen LogP contribution in [-0.4, -0.2) is 18.6 Å². The van der Waals surface area contributed by atoms with Crippen molar-refractivity contribution in [2.75, 3.05) is 7.11 Å². The van der Waals surface area contributed by atoms with E-state index in [9.17, 15) is 0 Å². The van der Waals surface area contributed by atoms with Crippen LogP contribution in [0.25, 0.3) is 0 Å². The number of methoxy groups -OCH3 is 1. The summed E-state index contributed by atoms with van der Waals surface area (Å²) < 4.78 is 4.93. The van der Waals surface area contributed by atoms with Crippen molar-refractivity contribution in [1.29, 1.82) is 0 Å². The average Bonchev–Trinajstić information content (AvgIpc) is 2.11. The number of hydrogen-bond acceptors (Lipinski definition) is 3. The van der Waals surface area contributed by atoms with Gasteiger partial charge in [0.05, 0.1) is 12.8 Å². The van der Waals surface area contributed by atoms with Crippen molar-refractivity contribution in [3.8, 4) is 0 Å². The fraction of sp³-hybridized carbons (Fsp3) is 0.250. The Morgan fingerprint density at radius 3 is 2.50 bits per heavy atom. The third-order valence-corrected chi connectivity index (χ3v) is 1.88. The molecule has 1 aromatic rings. The van der Waals surface area contributed by atoms with E-state index in [-0.39, 0.29) is 0 Å². The van der Waals surface area contributed by atoms with Crippen LogP contribution in [0.4, 0.5) is 0 Å². The van der Waals surface area contributed by atoms with Crippen LogP contribution in [0.1, 0.15) is 5.69 Å². The van der Waals surface area contributed by atoms with Gasteiger partial charge in [0, 0.05) is 10.7 Å². The molecule has 0 amide bonds. The predicted molar refractivity (Wildman–Crippen MR) is 49.7 cm³/mol. The lowest BCUT2D eigenvalue weighted by molar-refractivity contribution is -0.126. The summed E-state index contributed by atoms with van der Waals surface area (Å²) in [6, 6.07) is 3.87. The van der Waals surface area contributed by atoms with Crippen LogP contribution >= 0.6 is 15.9 Å². The number of carbonyl (C=O) groups excluding carboxylic acids is 1. The Balaban J connectivity index is 0.000000261. The fourth-order valence-electron chi connectivity index (χ4n) is 0.465. The molecule has 12 heavy (non-hydrogen) atoms. The molecule has 0 bridgehead atoms. The second-order valence-electron chi connectivity index (χ2n) is 1.90. The molecule has 0 radical (unpaired) electrons. The zero-order valence-electron chi connectivity index (χ0n) is 6.95. The van der Waals surface area contributed by atoms with E-state index >= 15 is 0 Å². The van der Waals surface area contributed by atoms with E-state index in [4.69, 9.17) is 4.79 Å². The molecule has 0 aliphatic rings. The molecule has 0 aromatic carbocycles. The van der Waals surface area contributed by atoms with Crippen LogP contribution in [0.2, 0.25) is 0 Å². The lowest BCUT2D eigenvalue weighted by Gasteiger charge is -1.90. The Kier molecular flexibility index (Phi) is 6.28. The number of pyridine rings is 1. The van der Waals surface area contributed by atoms with Crippen LogP contribution in [0.5, 0.6) is 0 Å². The number of hydrogen-bond donors (Lipinski definition) is 0. The Bertz CT molecular complexity index is 219. The lowest BCUT2D eigenvalue weighted by atomic mass is 10.4. The number of carbonyl (C=O) groups is 1. The van der Waals surface area contributed by atoms with Crippen LogP contribution in [-0.2, 0) is 9.53 Å². The first-order valence-corrected chi connectivity index (χ1v) is 4.05. The van der Waals surface area contributed by atoms with Crippen LogP contribution in [0.15, 0.2) is 22.8 Å². The minimum absolute atomic E-state index is 0.375. The molecule has 1 aromatic heterocycles. The molecule has 0 unspecified atom stereocenters. The van der Waals surface area contributed by atoms with Crippen molar-refractivity contribution in [2.24, 2.45) is 0 Å². The highest BCUT2D eigenvalue weighted by Crippen LogP contribution is 2.10. The maximum Gasteiger partial charge on any atom is 0.292 e. The van der Waals surface area contributed by atoms with Crippen molar-refractivity contribution >= 4 is 22.4 Å². The normalized spacial score (nSPS) is 7.92. The van der Waals surface area contributed by atoms with Gasteiger partial charge in [0.15, 0.2) is 0 Å². The summed E-state index contributed by atoms with van der Waals surface area (Å²) in [5.74, 6) is 0. The third kappa shape index (κ3) is 4.85. The molecule has 0 N–H and O–H groups in total. The fourth-order valence-corrected chi connectivity index (χ4v) is 0.720. The van der Waals surface area contributed by atoms with Gasteiger partial charge in [0.25, 0.3) is 6.47 Å². The smallest absolute Gasteiger partial charge is 0.292 e. The third-order valence-electron chi connectivity index (χ3n) is 1.04. The van der Waals surface area contributed by atoms with Crippen molar-refractivity contribution in [1.82, 2.24) is 4.98 Å². The maximum absolute atomic E-state index is 8.95. The van der Waals surface area contributed by atoms with E-state index in [1.165, 1.54) is 7.11 Å². The summed E-state index contributed by atoms with van der Waals surface area (Å²) in [5.41, 5.74) is 1.03. The molecule has 0 aliphatic heterocycles. The highest BCUT2D eigenvalue weighted by Gasteiger charge is 1.87. The standard InChI is InChI=1S/C6H6BrN.C2H4O2/c1-5-6(7)3-2-4-8-5;1-4-2-3/h2-4H,1H3;2H,1H3. The molecule has 1 rings (SSSR count). The quantitative estimate of drug-likeness (QED) is 0.694. The van der Waals surface area contributed by atoms with Gasteiger partial charge in [-0.2, -0.15) is 0 Å². The molecule has 1 heterocycles. The van der Waals surface area contributed by atoms with Gasteiger partial charge in [-0.05, 0) is 35.0 Å². The lowest BCUT2D eigenvalue weighted by Crippen LogP contribution is -1.77. The monoisotopic (exact) mass is 231 g/mol. The van der Waals surface area contributed by atoms with Crippen molar-refractivity contribution < 1.29 is 9.53 Å². The molecular weight excluding hydrogens is 222 g/mol. The molecule has 0 aliphatic carbocycles. The second-order valence-corrected chi connectivity index (χ2v) is 2.76. The summed E-state index contributed by atoms with van der Waals surface area (Å²) in [6.45, 7) is 2.34. The molecule has 0 fully saturated rings. The van der Waals surface area contributed by atoms with E-state index in [1.807, 2.05) is 19.1 Å². The first kappa shape index (κ1) is 11.1. The van der Waals surface area contributed by atoms with E-state index in [0.29, 0.717) is 6.47 Å². The van der Waals surface area contributed by atoms with Gasteiger partial charge in [-0.15, -0.1) is 0 Å². The summed E-state index contributed by atoms with van der Waals surface area (Å²) >= 11 is 3.33. The van der Waals surface area contributed by atoms with Crippen LogP contribution in [0.3, 0.4) is 0 Å². The number of ether oxygens (including phenoxy) is 1. The number of aromatic nitrogens is 1. The number of aryl methyl sites for hydroxylation is 1. The Hall–Kier alpha value is -0.900. The summed E-state index contributed by atoms with van der Waals surface area (Å²) in [6.07, 6.45) is 1.78. The molecule has 3 nitrogen and oxygen atoms in total. The minimum Gasteiger partial charge on any atom is -0.471 e. The predicted octanol–water partition coefficient (Wildman–Crippen LogP) is 1.94. The first-order valence-electron chi connectivity index (χ1n) is 3.26. The minimum atomic E-state index is 0.375. The van der Waals surface area contributed by atoms with Crippen molar-refractivity contribution in [3.05, 3.63) is 28.5 Å². The molecular formula is C8H10BrNO2. The van der Waals surface area contributed by atoms with Crippen LogP contribution < -0.4 is 0 Å². The van der Waals surface area contributed by atoms with Gasteiger partial charge in [-0.1, -0.05) is 0 Å². The highest BCUT2D eigenvalue weighted by molar-refractivity contribution is 9.10. The Labute approximate surface area is 79.9 Å². The highest BCUT2D eigenvalue weighted by atomic mass is 79.9. The molecule has 0 saturated carbocycles. The van der Waals surface area contributed by atoms with Crippen molar-refractivity contribution in [3.63, 3.8) is 0 Å². The molecule has 66 valence electrons.